The molecule has 1 saturated heterocycles. The third-order valence-corrected chi connectivity index (χ3v) is 6.96. The molecule has 2 aromatic rings. The summed E-state index contributed by atoms with van der Waals surface area (Å²) in [6, 6.07) is 9.37. The number of anilines is 1. The molecule has 31 heavy (non-hydrogen) atoms. The highest BCUT2D eigenvalue weighted by Crippen LogP contribution is 2.37. The Hall–Kier alpha value is -2.11. The summed E-state index contributed by atoms with van der Waals surface area (Å²) in [4.78, 5) is 26.6. The third kappa shape index (κ3) is 5.58. The van der Waals surface area contributed by atoms with Crippen LogP contribution < -0.4 is 14.8 Å². The summed E-state index contributed by atoms with van der Waals surface area (Å²) in [5, 5.41) is 2.84. The van der Waals surface area contributed by atoms with Gasteiger partial charge in [0, 0.05) is 12.7 Å². The molecule has 0 aromatic heterocycles. The molecular weight excluding hydrogens is 547 g/mol. The highest BCUT2D eigenvalue weighted by Gasteiger charge is 2.28. The molecule has 0 atom stereocenters. The van der Waals surface area contributed by atoms with Crippen molar-refractivity contribution in [2.75, 3.05) is 26.1 Å². The molecule has 6 nitrogen and oxygen atoms in total. The number of nitrogens with one attached hydrogen (secondary N) is 1. The highest BCUT2D eigenvalue weighted by atomic mass is 127. The number of amides is 2. The number of rotatable bonds is 6. The van der Waals surface area contributed by atoms with Crippen molar-refractivity contribution in [2.24, 2.45) is 0 Å². The zero-order valence-electron chi connectivity index (χ0n) is 17.4. The fraction of sp³-hybridized carbons (Fsp3) is 0.227. The number of likely N-dealkylation sites (N-methyl/N-ethyl adjacent to an activating group) is 1. The summed E-state index contributed by atoms with van der Waals surface area (Å²) >= 11 is 8.55. The number of methoxy groups -OCH3 is 1. The quantitative estimate of drug-likeness (QED) is 0.308. The number of hydrogen-bond donors (Lipinski definition) is 1. The fourth-order valence-electron chi connectivity index (χ4n) is 2.81. The lowest BCUT2D eigenvalue weighted by Crippen LogP contribution is -2.22. The molecule has 3 rings (SSSR count). The van der Waals surface area contributed by atoms with Gasteiger partial charge in [-0.15, -0.1) is 0 Å². The van der Waals surface area contributed by atoms with E-state index in [-0.39, 0.29) is 18.4 Å². The van der Waals surface area contributed by atoms with Crippen molar-refractivity contribution in [1.82, 2.24) is 4.90 Å². The van der Waals surface area contributed by atoms with E-state index in [0.29, 0.717) is 20.7 Å². The van der Waals surface area contributed by atoms with Crippen LogP contribution in [0.25, 0.3) is 6.08 Å². The first-order chi connectivity index (χ1) is 14.7. The first-order valence-corrected chi connectivity index (χ1v) is 11.6. The molecule has 1 aliphatic rings. The Labute approximate surface area is 204 Å². The minimum atomic E-state index is -0.267. The summed E-state index contributed by atoms with van der Waals surface area (Å²) in [7, 11) is 3.19. The van der Waals surface area contributed by atoms with Gasteiger partial charge >= 0.3 is 0 Å². The first kappa shape index (κ1) is 23.6. The van der Waals surface area contributed by atoms with Gasteiger partial charge in [-0.2, -0.15) is 0 Å². The number of thiocarbonyl (C=S) groups is 1. The van der Waals surface area contributed by atoms with Gasteiger partial charge in [0.2, 0.25) is 0 Å². The molecule has 2 amide bonds. The van der Waals surface area contributed by atoms with Gasteiger partial charge in [0.25, 0.3) is 11.8 Å². The van der Waals surface area contributed by atoms with Gasteiger partial charge in [-0.05, 0) is 83.5 Å². The van der Waals surface area contributed by atoms with Gasteiger partial charge in [-0.3, -0.25) is 14.5 Å². The normalized spacial score (nSPS) is 14.9. The molecule has 162 valence electrons. The van der Waals surface area contributed by atoms with E-state index in [2.05, 4.69) is 27.9 Å². The van der Waals surface area contributed by atoms with Gasteiger partial charge in [0.05, 0.1) is 15.6 Å². The van der Waals surface area contributed by atoms with Crippen LogP contribution in [0, 0.1) is 17.4 Å². The van der Waals surface area contributed by atoms with Crippen molar-refractivity contribution in [2.45, 2.75) is 13.8 Å². The topological polar surface area (TPSA) is 67.9 Å². The average Bonchev–Trinajstić information content (AvgIpc) is 2.96. The number of hydrogen-bond acceptors (Lipinski definition) is 6. The van der Waals surface area contributed by atoms with Crippen LogP contribution >= 0.6 is 46.6 Å². The number of aryl methyl sites for hydroxylation is 2. The molecule has 0 unspecified atom stereocenters. The minimum absolute atomic E-state index is 0.132. The van der Waals surface area contributed by atoms with Gasteiger partial charge < -0.3 is 14.8 Å². The molecule has 1 heterocycles. The summed E-state index contributed by atoms with van der Waals surface area (Å²) in [5.74, 6) is 0.548. The number of benzene rings is 2. The zero-order chi connectivity index (χ0) is 22.7. The van der Waals surface area contributed by atoms with E-state index in [0.717, 1.165) is 25.9 Å². The second-order valence-electron chi connectivity index (χ2n) is 6.91. The molecule has 9 heteroatoms. The molecule has 1 N–H and O–H groups in total. The largest absolute Gasteiger partial charge is 0.493 e. The Kier molecular flexibility index (Phi) is 7.60. The van der Waals surface area contributed by atoms with Gasteiger partial charge in [0.15, 0.2) is 18.1 Å². The Balaban J connectivity index is 1.73. The molecule has 0 aliphatic carbocycles. The fourth-order valence-corrected chi connectivity index (χ4v) is 4.77. The number of ether oxygens (including phenoxy) is 2. The van der Waals surface area contributed by atoms with Crippen LogP contribution in [0.5, 0.6) is 11.5 Å². The zero-order valence-corrected chi connectivity index (χ0v) is 21.2. The van der Waals surface area contributed by atoms with Crippen molar-refractivity contribution in [1.29, 1.82) is 0 Å². The molecule has 1 aliphatic heterocycles. The van der Waals surface area contributed by atoms with Crippen molar-refractivity contribution in [3.63, 3.8) is 0 Å². The van der Waals surface area contributed by atoms with Gasteiger partial charge in [-0.1, -0.05) is 30.0 Å². The Morgan fingerprint density at radius 2 is 2.00 bits per heavy atom. The second-order valence-corrected chi connectivity index (χ2v) is 9.75. The summed E-state index contributed by atoms with van der Waals surface area (Å²) in [5.41, 5.74) is 3.77. The Morgan fingerprint density at radius 3 is 2.61 bits per heavy atom. The molecular formula is C22H21IN2O4S2. The summed E-state index contributed by atoms with van der Waals surface area (Å²) in [6.07, 6.45) is 1.77. The molecule has 0 spiro atoms. The van der Waals surface area contributed by atoms with Crippen LogP contribution in [0.3, 0.4) is 0 Å². The maximum absolute atomic E-state index is 12.3. The molecule has 0 saturated carbocycles. The maximum Gasteiger partial charge on any atom is 0.265 e. The van der Waals surface area contributed by atoms with Crippen molar-refractivity contribution >= 4 is 74.5 Å². The van der Waals surface area contributed by atoms with Crippen LogP contribution in [0.15, 0.2) is 35.2 Å². The van der Waals surface area contributed by atoms with E-state index < -0.39 is 0 Å². The van der Waals surface area contributed by atoms with E-state index in [1.54, 1.807) is 19.2 Å². The number of thioether (sulfide) groups is 1. The average molecular weight is 568 g/mol. The lowest BCUT2D eigenvalue weighted by Gasteiger charge is -2.14. The third-order valence-electron chi connectivity index (χ3n) is 4.67. The first-order valence-electron chi connectivity index (χ1n) is 9.28. The second kappa shape index (κ2) is 10.0. The smallest absolute Gasteiger partial charge is 0.265 e. The van der Waals surface area contributed by atoms with Gasteiger partial charge in [-0.25, -0.2) is 0 Å². The summed E-state index contributed by atoms with van der Waals surface area (Å²) in [6.45, 7) is 3.85. The van der Waals surface area contributed by atoms with Crippen LogP contribution in [-0.4, -0.2) is 41.8 Å². The van der Waals surface area contributed by atoms with Crippen LogP contribution in [0.2, 0.25) is 0 Å². The Morgan fingerprint density at radius 1 is 1.26 bits per heavy atom. The van der Waals surface area contributed by atoms with Crippen LogP contribution in [0.1, 0.15) is 16.7 Å². The predicted octanol–water partition coefficient (Wildman–Crippen LogP) is 4.77. The van der Waals surface area contributed by atoms with E-state index in [1.165, 1.54) is 23.8 Å². The number of halogens is 1. The van der Waals surface area contributed by atoms with Crippen LogP contribution in [0.4, 0.5) is 5.69 Å². The van der Waals surface area contributed by atoms with Crippen LogP contribution in [-0.2, 0) is 9.59 Å². The monoisotopic (exact) mass is 568 g/mol. The number of carbonyl (C=O) groups is 2. The van der Waals surface area contributed by atoms with Crippen molar-refractivity contribution in [3.8, 4) is 11.5 Å². The minimum Gasteiger partial charge on any atom is -0.493 e. The molecule has 0 bridgehead atoms. The molecule has 1 fully saturated rings. The lowest BCUT2D eigenvalue weighted by molar-refractivity contribution is -0.121. The van der Waals surface area contributed by atoms with Gasteiger partial charge in [0.1, 0.15) is 4.32 Å². The SMILES string of the molecule is COc1cc(/C=C2\SC(=S)N(C)C2=O)cc(I)c1OCC(=O)Nc1ccc(C)c(C)c1. The standard InChI is InChI=1S/C22H21IN2O4S2/c1-12-5-6-15(7-13(12)2)24-19(26)11-29-20-16(23)8-14(9-17(20)28-4)10-18-21(27)25(3)22(30)31-18/h5-10H,11H2,1-4H3,(H,24,26)/b18-10-. The van der Waals surface area contributed by atoms with E-state index in [9.17, 15) is 9.59 Å². The van der Waals surface area contributed by atoms with Crippen molar-refractivity contribution < 1.29 is 19.1 Å². The predicted molar refractivity (Wildman–Crippen MR) is 137 cm³/mol. The highest BCUT2D eigenvalue weighted by molar-refractivity contribution is 14.1. The molecule has 0 radical (unpaired) electrons. The van der Waals surface area contributed by atoms with E-state index in [1.807, 2.05) is 38.1 Å². The summed E-state index contributed by atoms with van der Waals surface area (Å²) < 4.78 is 12.5. The van der Waals surface area contributed by atoms with E-state index >= 15 is 0 Å². The number of carbonyl (C=O) groups excluding carboxylic acids is 2. The molecule has 2 aromatic carbocycles. The van der Waals surface area contributed by atoms with E-state index in [4.69, 9.17) is 21.7 Å². The maximum atomic E-state index is 12.3. The number of nitrogens with zero attached hydrogens (tertiary/aromatic N) is 1. The lowest BCUT2D eigenvalue weighted by atomic mass is 10.1. The Bertz CT molecular complexity index is 1100. The van der Waals surface area contributed by atoms with Crippen molar-refractivity contribution in [3.05, 3.63) is 55.5 Å².